The first-order chi connectivity index (χ1) is 12.8. The van der Waals surface area contributed by atoms with Crippen LogP contribution < -0.4 is 11.1 Å². The molecular weight excluding hydrogens is 365 g/mol. The van der Waals surface area contributed by atoms with Gasteiger partial charge in [-0.25, -0.2) is 19.7 Å². The number of halogens is 3. The van der Waals surface area contributed by atoms with Crippen molar-refractivity contribution in [3.63, 3.8) is 0 Å². The summed E-state index contributed by atoms with van der Waals surface area (Å²) < 4.78 is 44.4. The summed E-state index contributed by atoms with van der Waals surface area (Å²) >= 11 is 0. The minimum Gasteiger partial charge on any atom is -0.464 e. The molecule has 8 nitrogen and oxygen atoms in total. The molecule has 0 aliphatic carbocycles. The van der Waals surface area contributed by atoms with Crippen LogP contribution >= 0.6 is 0 Å². The van der Waals surface area contributed by atoms with Gasteiger partial charge in [0.05, 0.1) is 12.7 Å². The summed E-state index contributed by atoms with van der Waals surface area (Å²) in [7, 11) is 1.23. The van der Waals surface area contributed by atoms with E-state index in [0.717, 1.165) is 18.3 Å². The molecule has 0 fully saturated rings. The van der Waals surface area contributed by atoms with Crippen molar-refractivity contribution in [1.29, 1.82) is 0 Å². The number of ether oxygens (including phenoxy) is 1. The summed E-state index contributed by atoms with van der Waals surface area (Å²) in [6.45, 7) is 0. The van der Waals surface area contributed by atoms with E-state index in [1.807, 2.05) is 0 Å². The van der Waals surface area contributed by atoms with E-state index in [2.05, 4.69) is 25.0 Å². The first kappa shape index (κ1) is 18.2. The number of carbonyl (C=O) groups excluding carboxylic acids is 1. The molecule has 3 aromatic rings. The Hall–Kier alpha value is -3.63. The summed E-state index contributed by atoms with van der Waals surface area (Å²) in [5.41, 5.74) is 5.35. The van der Waals surface area contributed by atoms with Crippen LogP contribution in [0.5, 0.6) is 0 Å². The quantitative estimate of drug-likeness (QED) is 0.672. The van der Waals surface area contributed by atoms with E-state index in [0.29, 0.717) is 11.5 Å². The lowest BCUT2D eigenvalue weighted by molar-refractivity contribution is -0.137. The van der Waals surface area contributed by atoms with Gasteiger partial charge >= 0.3 is 12.1 Å². The van der Waals surface area contributed by atoms with Crippen molar-refractivity contribution in [3.05, 3.63) is 54.2 Å². The summed E-state index contributed by atoms with van der Waals surface area (Å²) in [6.07, 6.45) is -0.730. The molecule has 0 unspecified atom stereocenters. The maximum absolute atomic E-state index is 12.8. The molecule has 27 heavy (non-hydrogen) atoms. The molecule has 0 bridgehead atoms. The number of aromatic nitrogens is 4. The fraction of sp³-hybridized carbons (Fsp3) is 0.125. The summed E-state index contributed by atoms with van der Waals surface area (Å²) in [5.74, 6) is -0.198. The SMILES string of the molecule is COC(=O)c1cn(-c2cc(N)cc(Nc3cc(C(F)(F)F)ccn3)n2)cn1. The fourth-order valence-electron chi connectivity index (χ4n) is 2.20. The van der Waals surface area contributed by atoms with Crippen molar-refractivity contribution >= 4 is 23.3 Å². The summed E-state index contributed by atoms with van der Waals surface area (Å²) in [6, 6.07) is 4.66. The highest BCUT2D eigenvalue weighted by atomic mass is 19.4. The standard InChI is InChI=1S/C16H13F3N6O2/c1-27-15(26)11-7-25(8-22-11)14-6-10(20)5-13(24-14)23-12-4-9(2-3-21-12)16(17,18)19/h2-8H,1H3,(H3,20,21,23,24). The van der Waals surface area contributed by atoms with Gasteiger partial charge in [0.2, 0.25) is 0 Å². The molecule has 0 amide bonds. The second-order valence-electron chi connectivity index (χ2n) is 5.35. The van der Waals surface area contributed by atoms with Crippen LogP contribution in [0, 0.1) is 0 Å². The third kappa shape index (κ3) is 4.14. The minimum atomic E-state index is -4.49. The van der Waals surface area contributed by atoms with Gasteiger partial charge in [0.1, 0.15) is 23.8 Å². The van der Waals surface area contributed by atoms with Gasteiger partial charge in [-0.3, -0.25) is 4.57 Å². The number of hydrogen-bond donors (Lipinski definition) is 2. The van der Waals surface area contributed by atoms with Crippen molar-refractivity contribution in [1.82, 2.24) is 19.5 Å². The van der Waals surface area contributed by atoms with Crippen molar-refractivity contribution in [3.8, 4) is 5.82 Å². The van der Waals surface area contributed by atoms with Gasteiger partial charge in [-0.15, -0.1) is 0 Å². The Bertz CT molecular complexity index is 986. The fourth-order valence-corrected chi connectivity index (χ4v) is 2.20. The number of hydrogen-bond acceptors (Lipinski definition) is 7. The molecule has 0 atom stereocenters. The Kier molecular flexibility index (Phi) is 4.67. The van der Waals surface area contributed by atoms with Crippen LogP contribution in [0.2, 0.25) is 0 Å². The Morgan fingerprint density at radius 3 is 2.70 bits per heavy atom. The van der Waals surface area contributed by atoms with Gasteiger partial charge in [-0.05, 0) is 12.1 Å². The number of carbonyl (C=O) groups is 1. The predicted molar refractivity (Wildman–Crippen MR) is 89.6 cm³/mol. The zero-order chi connectivity index (χ0) is 19.6. The molecule has 3 N–H and O–H groups in total. The molecule has 0 aliphatic rings. The lowest BCUT2D eigenvalue weighted by Gasteiger charge is -2.11. The average molecular weight is 378 g/mol. The van der Waals surface area contributed by atoms with E-state index in [9.17, 15) is 18.0 Å². The number of nitrogens with zero attached hydrogens (tertiary/aromatic N) is 4. The van der Waals surface area contributed by atoms with E-state index >= 15 is 0 Å². The van der Waals surface area contributed by atoms with Crippen LogP contribution in [-0.2, 0) is 10.9 Å². The predicted octanol–water partition coefficient (Wildman–Crippen LogP) is 2.79. The Labute approximate surface area is 150 Å². The van der Waals surface area contributed by atoms with Crippen LogP contribution in [0.3, 0.4) is 0 Å². The molecule has 0 saturated carbocycles. The number of esters is 1. The number of anilines is 3. The highest BCUT2D eigenvalue weighted by Gasteiger charge is 2.30. The largest absolute Gasteiger partial charge is 0.464 e. The second kappa shape index (κ2) is 6.94. The molecule has 3 aromatic heterocycles. The molecule has 0 saturated heterocycles. The van der Waals surface area contributed by atoms with E-state index in [1.54, 1.807) is 0 Å². The van der Waals surface area contributed by atoms with Crippen LogP contribution in [0.15, 0.2) is 43.0 Å². The molecule has 3 heterocycles. The van der Waals surface area contributed by atoms with E-state index in [4.69, 9.17) is 5.73 Å². The van der Waals surface area contributed by atoms with Gasteiger partial charge in [-0.1, -0.05) is 0 Å². The smallest absolute Gasteiger partial charge is 0.416 e. The number of pyridine rings is 2. The second-order valence-corrected chi connectivity index (χ2v) is 5.35. The third-order valence-electron chi connectivity index (χ3n) is 3.42. The minimum absolute atomic E-state index is 0.0465. The third-order valence-corrected chi connectivity index (χ3v) is 3.42. The van der Waals surface area contributed by atoms with Gasteiger partial charge < -0.3 is 15.8 Å². The molecule has 0 aliphatic heterocycles. The average Bonchev–Trinajstić information content (AvgIpc) is 3.10. The molecule has 0 radical (unpaired) electrons. The highest BCUT2D eigenvalue weighted by molar-refractivity contribution is 5.86. The maximum atomic E-state index is 12.8. The lowest BCUT2D eigenvalue weighted by Crippen LogP contribution is -2.07. The van der Waals surface area contributed by atoms with Crippen LogP contribution in [-0.4, -0.2) is 32.6 Å². The van der Waals surface area contributed by atoms with Crippen LogP contribution in [0.4, 0.5) is 30.5 Å². The van der Waals surface area contributed by atoms with E-state index in [1.165, 1.54) is 36.3 Å². The van der Waals surface area contributed by atoms with Crippen LogP contribution in [0.25, 0.3) is 5.82 Å². The monoisotopic (exact) mass is 378 g/mol. The van der Waals surface area contributed by atoms with Gasteiger partial charge in [0, 0.05) is 30.2 Å². The Morgan fingerprint density at radius 2 is 2.00 bits per heavy atom. The normalized spacial score (nSPS) is 11.3. The first-order valence-corrected chi connectivity index (χ1v) is 7.47. The molecular formula is C16H13F3N6O2. The van der Waals surface area contributed by atoms with Crippen molar-refractivity contribution in [2.75, 3.05) is 18.2 Å². The van der Waals surface area contributed by atoms with E-state index in [-0.39, 0.29) is 17.3 Å². The van der Waals surface area contributed by atoms with Gasteiger partial charge in [-0.2, -0.15) is 13.2 Å². The zero-order valence-corrected chi connectivity index (χ0v) is 13.9. The molecule has 0 spiro atoms. The number of imidazole rings is 1. The molecule has 11 heteroatoms. The first-order valence-electron chi connectivity index (χ1n) is 7.47. The number of nitrogen functional groups attached to an aromatic ring is 1. The number of rotatable bonds is 4. The zero-order valence-electron chi connectivity index (χ0n) is 13.9. The molecule has 0 aromatic carbocycles. The lowest BCUT2D eigenvalue weighted by atomic mass is 10.2. The number of nitrogens with two attached hydrogens (primary N) is 1. The maximum Gasteiger partial charge on any atom is 0.416 e. The van der Waals surface area contributed by atoms with Crippen LogP contribution in [0.1, 0.15) is 16.1 Å². The van der Waals surface area contributed by atoms with Crippen molar-refractivity contribution in [2.24, 2.45) is 0 Å². The van der Waals surface area contributed by atoms with Gasteiger partial charge in [0.15, 0.2) is 5.69 Å². The topological polar surface area (TPSA) is 108 Å². The van der Waals surface area contributed by atoms with Crippen molar-refractivity contribution in [2.45, 2.75) is 6.18 Å². The number of alkyl halides is 3. The number of methoxy groups -OCH3 is 1. The Morgan fingerprint density at radius 1 is 1.22 bits per heavy atom. The van der Waals surface area contributed by atoms with Gasteiger partial charge in [0.25, 0.3) is 0 Å². The summed E-state index contributed by atoms with van der Waals surface area (Å²) in [5, 5.41) is 2.68. The Balaban J connectivity index is 1.90. The van der Waals surface area contributed by atoms with Crippen molar-refractivity contribution < 1.29 is 22.7 Å². The number of nitrogens with one attached hydrogen (secondary N) is 1. The summed E-state index contributed by atoms with van der Waals surface area (Å²) in [4.78, 5) is 23.5. The van der Waals surface area contributed by atoms with E-state index < -0.39 is 17.7 Å². The molecule has 3 rings (SSSR count). The highest BCUT2D eigenvalue weighted by Crippen LogP contribution is 2.30. The molecule has 140 valence electrons.